The van der Waals surface area contributed by atoms with Crippen LogP contribution in [0.3, 0.4) is 0 Å². The van der Waals surface area contributed by atoms with Crippen molar-refractivity contribution >= 4 is 11.6 Å². The number of carbonyl (C=O) groups is 1. The SMILES string of the molecule is Cc1cc(C)n(Cc2ccc(C(=O)Nc3c(C)nn(C)c3C)o2)n1. The molecule has 0 aromatic carbocycles. The second-order valence-electron chi connectivity index (χ2n) is 5.97. The van der Waals surface area contributed by atoms with Gasteiger partial charge in [0, 0.05) is 12.7 Å². The molecular weight excluding hydrogens is 306 g/mol. The molecule has 0 radical (unpaired) electrons. The van der Waals surface area contributed by atoms with Gasteiger partial charge >= 0.3 is 0 Å². The molecule has 3 aromatic rings. The lowest BCUT2D eigenvalue weighted by Crippen LogP contribution is -2.12. The monoisotopic (exact) mass is 327 g/mol. The fourth-order valence-corrected chi connectivity index (χ4v) is 2.70. The van der Waals surface area contributed by atoms with Crippen LogP contribution >= 0.6 is 0 Å². The quantitative estimate of drug-likeness (QED) is 0.799. The van der Waals surface area contributed by atoms with Gasteiger partial charge in [-0.3, -0.25) is 14.2 Å². The summed E-state index contributed by atoms with van der Waals surface area (Å²) in [5.74, 6) is 0.675. The Balaban J connectivity index is 1.75. The van der Waals surface area contributed by atoms with Crippen LogP contribution in [-0.2, 0) is 13.6 Å². The molecule has 0 fully saturated rings. The van der Waals surface area contributed by atoms with Crippen LogP contribution in [0.4, 0.5) is 5.69 Å². The minimum atomic E-state index is -0.284. The number of aryl methyl sites for hydroxylation is 4. The molecule has 0 aliphatic heterocycles. The van der Waals surface area contributed by atoms with Gasteiger partial charge < -0.3 is 9.73 Å². The Morgan fingerprint density at radius 2 is 1.96 bits per heavy atom. The van der Waals surface area contributed by atoms with Crippen LogP contribution in [0.2, 0.25) is 0 Å². The first-order valence-corrected chi connectivity index (χ1v) is 7.76. The summed E-state index contributed by atoms with van der Waals surface area (Å²) in [4.78, 5) is 12.4. The average molecular weight is 327 g/mol. The highest BCUT2D eigenvalue weighted by molar-refractivity contribution is 6.02. The van der Waals surface area contributed by atoms with E-state index in [4.69, 9.17) is 4.42 Å². The molecule has 7 heteroatoms. The van der Waals surface area contributed by atoms with Gasteiger partial charge in [-0.1, -0.05) is 0 Å². The lowest BCUT2D eigenvalue weighted by Gasteiger charge is -2.04. The van der Waals surface area contributed by atoms with Crippen LogP contribution in [-0.4, -0.2) is 25.5 Å². The molecule has 3 rings (SSSR count). The first-order chi connectivity index (χ1) is 11.3. The Morgan fingerprint density at radius 3 is 2.54 bits per heavy atom. The number of carbonyl (C=O) groups excluding carboxylic acids is 1. The van der Waals surface area contributed by atoms with E-state index >= 15 is 0 Å². The van der Waals surface area contributed by atoms with E-state index < -0.39 is 0 Å². The lowest BCUT2D eigenvalue weighted by molar-refractivity contribution is 0.0994. The van der Waals surface area contributed by atoms with Crippen molar-refractivity contribution in [2.45, 2.75) is 34.2 Å². The maximum Gasteiger partial charge on any atom is 0.291 e. The molecule has 7 nitrogen and oxygen atoms in total. The predicted octanol–water partition coefficient (Wildman–Crippen LogP) is 2.74. The van der Waals surface area contributed by atoms with Gasteiger partial charge in [0.1, 0.15) is 5.76 Å². The fourth-order valence-electron chi connectivity index (χ4n) is 2.70. The third kappa shape index (κ3) is 2.97. The lowest BCUT2D eigenvalue weighted by atomic mass is 10.3. The number of amides is 1. The van der Waals surface area contributed by atoms with Crippen molar-refractivity contribution in [3.8, 4) is 0 Å². The molecule has 1 amide bonds. The Kier molecular flexibility index (Phi) is 4.01. The van der Waals surface area contributed by atoms with Gasteiger partial charge in [0.05, 0.1) is 29.3 Å². The predicted molar refractivity (Wildman–Crippen MR) is 90.1 cm³/mol. The highest BCUT2D eigenvalue weighted by atomic mass is 16.4. The van der Waals surface area contributed by atoms with Gasteiger partial charge in [0.25, 0.3) is 5.91 Å². The maximum atomic E-state index is 12.4. The van der Waals surface area contributed by atoms with Crippen molar-refractivity contribution in [3.05, 3.63) is 52.5 Å². The molecule has 0 atom stereocenters. The minimum absolute atomic E-state index is 0.272. The minimum Gasteiger partial charge on any atom is -0.454 e. The largest absolute Gasteiger partial charge is 0.454 e. The average Bonchev–Trinajstić information content (AvgIpc) is 3.16. The topological polar surface area (TPSA) is 77.9 Å². The summed E-state index contributed by atoms with van der Waals surface area (Å²) in [6, 6.07) is 5.48. The molecule has 126 valence electrons. The molecule has 0 unspecified atom stereocenters. The number of nitrogens with one attached hydrogen (secondary N) is 1. The number of hydrogen-bond donors (Lipinski definition) is 1. The molecule has 0 bridgehead atoms. The van der Waals surface area contributed by atoms with Gasteiger partial charge in [-0.05, 0) is 45.9 Å². The summed E-state index contributed by atoms with van der Waals surface area (Å²) >= 11 is 0. The van der Waals surface area contributed by atoms with Gasteiger partial charge in [-0.15, -0.1) is 0 Å². The zero-order chi connectivity index (χ0) is 17.4. The Hall–Kier alpha value is -2.83. The highest BCUT2D eigenvalue weighted by Gasteiger charge is 2.17. The summed E-state index contributed by atoms with van der Waals surface area (Å²) in [7, 11) is 1.84. The van der Waals surface area contributed by atoms with Crippen molar-refractivity contribution < 1.29 is 9.21 Å². The van der Waals surface area contributed by atoms with Crippen LogP contribution in [0.25, 0.3) is 0 Å². The van der Waals surface area contributed by atoms with Gasteiger partial charge in [0.2, 0.25) is 0 Å². The molecule has 24 heavy (non-hydrogen) atoms. The number of nitrogens with zero attached hydrogens (tertiary/aromatic N) is 4. The normalized spacial score (nSPS) is 11.0. The van der Waals surface area contributed by atoms with Crippen LogP contribution in [0.1, 0.15) is 39.1 Å². The fraction of sp³-hybridized carbons (Fsp3) is 0.353. The van der Waals surface area contributed by atoms with Crippen molar-refractivity contribution in [1.82, 2.24) is 19.6 Å². The Labute approximate surface area is 140 Å². The molecule has 0 aliphatic carbocycles. The van der Waals surface area contributed by atoms with E-state index in [1.54, 1.807) is 16.8 Å². The molecule has 0 saturated heterocycles. The second kappa shape index (κ2) is 5.99. The van der Waals surface area contributed by atoms with E-state index in [-0.39, 0.29) is 11.7 Å². The second-order valence-corrected chi connectivity index (χ2v) is 5.97. The zero-order valence-electron chi connectivity index (χ0n) is 14.5. The summed E-state index contributed by atoms with van der Waals surface area (Å²) in [5.41, 5.74) is 4.41. The van der Waals surface area contributed by atoms with Crippen LogP contribution < -0.4 is 5.32 Å². The number of anilines is 1. The van der Waals surface area contributed by atoms with Crippen molar-refractivity contribution in [2.75, 3.05) is 5.32 Å². The molecule has 0 saturated carbocycles. The number of aromatic nitrogens is 4. The third-order valence-corrected chi connectivity index (χ3v) is 4.04. The third-order valence-electron chi connectivity index (χ3n) is 4.04. The molecule has 0 aliphatic rings. The van der Waals surface area contributed by atoms with Gasteiger partial charge in [0.15, 0.2) is 5.76 Å². The summed E-state index contributed by atoms with van der Waals surface area (Å²) < 4.78 is 9.26. The van der Waals surface area contributed by atoms with Crippen molar-refractivity contribution in [2.24, 2.45) is 7.05 Å². The van der Waals surface area contributed by atoms with E-state index in [1.165, 1.54) is 0 Å². The summed E-state index contributed by atoms with van der Waals surface area (Å²) in [5, 5.41) is 11.6. The summed E-state index contributed by atoms with van der Waals surface area (Å²) in [6.45, 7) is 8.20. The molecule has 3 heterocycles. The standard InChI is InChI=1S/C17H21N5O2/c1-10-8-11(2)22(19-10)9-14-6-7-15(24-14)17(23)18-16-12(3)20-21(5)13(16)4/h6-8H,9H2,1-5H3,(H,18,23). The number of furan rings is 1. The number of hydrogen-bond acceptors (Lipinski definition) is 4. The Bertz CT molecular complexity index is 900. The maximum absolute atomic E-state index is 12.4. The van der Waals surface area contributed by atoms with E-state index in [1.807, 2.05) is 45.5 Å². The van der Waals surface area contributed by atoms with E-state index in [9.17, 15) is 4.79 Å². The smallest absolute Gasteiger partial charge is 0.291 e. The first kappa shape index (κ1) is 16.0. The Morgan fingerprint density at radius 1 is 1.21 bits per heavy atom. The highest BCUT2D eigenvalue weighted by Crippen LogP contribution is 2.20. The van der Waals surface area contributed by atoms with Crippen LogP contribution in [0, 0.1) is 27.7 Å². The van der Waals surface area contributed by atoms with E-state index in [0.717, 1.165) is 28.5 Å². The van der Waals surface area contributed by atoms with Crippen LogP contribution in [0.15, 0.2) is 22.6 Å². The van der Waals surface area contributed by atoms with Crippen LogP contribution in [0.5, 0.6) is 0 Å². The zero-order valence-corrected chi connectivity index (χ0v) is 14.5. The van der Waals surface area contributed by atoms with Gasteiger partial charge in [-0.25, -0.2) is 0 Å². The molecular formula is C17H21N5O2. The van der Waals surface area contributed by atoms with Gasteiger partial charge in [-0.2, -0.15) is 10.2 Å². The molecule has 3 aromatic heterocycles. The van der Waals surface area contributed by atoms with E-state index in [2.05, 4.69) is 15.5 Å². The number of rotatable bonds is 4. The van der Waals surface area contributed by atoms with E-state index in [0.29, 0.717) is 12.3 Å². The van der Waals surface area contributed by atoms with Crippen molar-refractivity contribution in [1.29, 1.82) is 0 Å². The van der Waals surface area contributed by atoms with Crippen molar-refractivity contribution in [3.63, 3.8) is 0 Å². The molecule has 0 spiro atoms. The summed E-state index contributed by atoms with van der Waals surface area (Å²) in [6.07, 6.45) is 0. The molecule has 1 N–H and O–H groups in total. The first-order valence-electron chi connectivity index (χ1n) is 7.76.